The molecule has 0 aliphatic heterocycles. The lowest BCUT2D eigenvalue weighted by Gasteiger charge is -2.14. The van der Waals surface area contributed by atoms with Gasteiger partial charge in [-0.3, -0.25) is 9.89 Å². The molecule has 6 nitrogen and oxygen atoms in total. The van der Waals surface area contributed by atoms with Crippen molar-refractivity contribution in [1.82, 2.24) is 15.5 Å². The van der Waals surface area contributed by atoms with Gasteiger partial charge in [0.1, 0.15) is 11.7 Å². The number of amides is 1. The molecule has 1 atom stereocenters. The molecule has 1 saturated carbocycles. The Labute approximate surface area is 148 Å². The first-order chi connectivity index (χ1) is 11.4. The lowest BCUT2D eigenvalue weighted by molar-refractivity contribution is -0.139. The van der Waals surface area contributed by atoms with Gasteiger partial charge in [0, 0.05) is 28.1 Å². The molecule has 0 saturated heterocycles. The van der Waals surface area contributed by atoms with Gasteiger partial charge in [-0.05, 0) is 42.7 Å². The minimum Gasteiger partial charge on any atom is -0.480 e. The first-order valence-electron chi connectivity index (χ1n) is 7.46. The van der Waals surface area contributed by atoms with Crippen LogP contribution in [0.3, 0.4) is 0 Å². The highest BCUT2D eigenvalue weighted by molar-refractivity contribution is 6.34. The fraction of sp³-hybridized carbons (Fsp3) is 0.312. The van der Waals surface area contributed by atoms with Gasteiger partial charge in [-0.2, -0.15) is 5.10 Å². The number of nitrogens with zero attached hydrogens (tertiary/aromatic N) is 1. The first kappa shape index (κ1) is 16.8. The Balaban J connectivity index is 1.70. The van der Waals surface area contributed by atoms with Crippen LogP contribution >= 0.6 is 23.2 Å². The molecule has 2 aromatic rings. The van der Waals surface area contributed by atoms with Crippen molar-refractivity contribution in [3.05, 3.63) is 51.3 Å². The number of carbonyl (C=O) groups is 2. The highest BCUT2D eigenvalue weighted by atomic mass is 35.5. The highest BCUT2D eigenvalue weighted by Gasteiger charge is 2.28. The van der Waals surface area contributed by atoms with E-state index in [4.69, 9.17) is 23.2 Å². The van der Waals surface area contributed by atoms with Gasteiger partial charge >= 0.3 is 5.97 Å². The number of nitrogens with one attached hydrogen (secondary N) is 2. The van der Waals surface area contributed by atoms with Crippen molar-refractivity contribution >= 4 is 35.1 Å². The second kappa shape index (κ2) is 6.83. The van der Waals surface area contributed by atoms with Crippen LogP contribution in [0.1, 0.15) is 40.5 Å². The molecule has 1 aromatic carbocycles. The number of rotatable bonds is 6. The van der Waals surface area contributed by atoms with Gasteiger partial charge in [-0.25, -0.2) is 4.79 Å². The second-order valence-corrected chi connectivity index (χ2v) is 6.70. The number of aliphatic carboxylic acids is 1. The Morgan fingerprint density at radius 2 is 1.92 bits per heavy atom. The average molecular weight is 368 g/mol. The Hall–Kier alpha value is -2.05. The molecule has 1 aromatic heterocycles. The summed E-state index contributed by atoms with van der Waals surface area (Å²) in [5.74, 6) is -1.24. The number of hydrogen-bond donors (Lipinski definition) is 3. The van der Waals surface area contributed by atoms with Gasteiger partial charge < -0.3 is 10.4 Å². The molecular weight excluding hydrogens is 353 g/mol. The van der Waals surface area contributed by atoms with E-state index in [0.29, 0.717) is 21.5 Å². The summed E-state index contributed by atoms with van der Waals surface area (Å²) in [5, 5.41) is 19.4. The van der Waals surface area contributed by atoms with Crippen molar-refractivity contribution in [2.24, 2.45) is 0 Å². The van der Waals surface area contributed by atoms with E-state index in [0.717, 1.165) is 18.5 Å². The SMILES string of the molecule is O=C(NC(Cc1cc(Cl)cc(Cl)c1)C(=O)O)c1cc(C2CC2)[nH]n1. The average Bonchev–Trinajstić information content (AvgIpc) is 3.22. The molecule has 1 heterocycles. The van der Waals surface area contributed by atoms with E-state index in [1.165, 1.54) is 0 Å². The van der Waals surface area contributed by atoms with Crippen LogP contribution in [0.15, 0.2) is 24.3 Å². The number of benzene rings is 1. The maximum absolute atomic E-state index is 12.2. The monoisotopic (exact) mass is 367 g/mol. The van der Waals surface area contributed by atoms with Crippen molar-refractivity contribution in [3.8, 4) is 0 Å². The van der Waals surface area contributed by atoms with Gasteiger partial charge in [0.15, 0.2) is 0 Å². The molecule has 8 heteroatoms. The van der Waals surface area contributed by atoms with Crippen molar-refractivity contribution < 1.29 is 14.7 Å². The van der Waals surface area contributed by atoms with Crippen molar-refractivity contribution in [3.63, 3.8) is 0 Å². The number of aromatic amines is 1. The fourth-order valence-corrected chi connectivity index (χ4v) is 3.02. The zero-order valence-electron chi connectivity index (χ0n) is 12.6. The molecule has 1 unspecified atom stereocenters. The summed E-state index contributed by atoms with van der Waals surface area (Å²) in [6, 6.07) is 5.37. The van der Waals surface area contributed by atoms with Gasteiger partial charge in [-0.1, -0.05) is 23.2 Å². The number of carboxylic acids is 1. The number of carbonyl (C=O) groups excluding carboxylic acids is 1. The maximum Gasteiger partial charge on any atom is 0.326 e. The lowest BCUT2D eigenvalue weighted by Crippen LogP contribution is -2.42. The summed E-state index contributed by atoms with van der Waals surface area (Å²) in [6.45, 7) is 0. The normalized spacial score (nSPS) is 15.1. The van der Waals surface area contributed by atoms with Crippen molar-refractivity contribution in [2.45, 2.75) is 31.2 Å². The molecule has 3 rings (SSSR count). The molecule has 126 valence electrons. The summed E-state index contributed by atoms with van der Waals surface area (Å²) in [6.07, 6.45) is 2.23. The summed E-state index contributed by atoms with van der Waals surface area (Å²) >= 11 is 11.8. The summed E-state index contributed by atoms with van der Waals surface area (Å²) in [7, 11) is 0. The topological polar surface area (TPSA) is 95.1 Å². The number of aromatic nitrogens is 2. The summed E-state index contributed by atoms with van der Waals surface area (Å²) in [5.41, 5.74) is 1.72. The largest absolute Gasteiger partial charge is 0.480 e. The van der Waals surface area contributed by atoms with Crippen molar-refractivity contribution in [2.75, 3.05) is 0 Å². The van der Waals surface area contributed by atoms with Crippen LogP contribution in [-0.2, 0) is 11.2 Å². The molecule has 1 aliphatic carbocycles. The Kier molecular flexibility index (Phi) is 4.78. The Bertz CT molecular complexity index is 766. The molecule has 0 bridgehead atoms. The Morgan fingerprint density at radius 1 is 1.25 bits per heavy atom. The molecular formula is C16H15Cl2N3O3. The van der Waals surface area contributed by atoms with Crippen LogP contribution in [-0.4, -0.2) is 33.2 Å². The predicted octanol–water partition coefficient (Wildman–Crippen LogP) is 3.02. The summed E-state index contributed by atoms with van der Waals surface area (Å²) in [4.78, 5) is 23.7. The van der Waals surface area contributed by atoms with Crippen LogP contribution in [0, 0.1) is 0 Å². The molecule has 3 N–H and O–H groups in total. The quantitative estimate of drug-likeness (QED) is 0.731. The fourth-order valence-electron chi connectivity index (χ4n) is 2.45. The van der Waals surface area contributed by atoms with Crippen LogP contribution in [0.25, 0.3) is 0 Å². The zero-order valence-corrected chi connectivity index (χ0v) is 14.1. The lowest BCUT2D eigenvalue weighted by atomic mass is 10.1. The number of halogens is 2. The number of carboxylic acid groups (broad SMARTS) is 1. The molecule has 1 aliphatic rings. The molecule has 1 amide bonds. The summed E-state index contributed by atoms with van der Waals surface area (Å²) < 4.78 is 0. The van der Waals surface area contributed by atoms with Crippen LogP contribution in [0.5, 0.6) is 0 Å². The third-order valence-corrected chi connectivity index (χ3v) is 4.25. The second-order valence-electron chi connectivity index (χ2n) is 5.83. The van der Waals surface area contributed by atoms with E-state index >= 15 is 0 Å². The van der Waals surface area contributed by atoms with Crippen LogP contribution < -0.4 is 5.32 Å². The molecule has 24 heavy (non-hydrogen) atoms. The van der Waals surface area contributed by atoms with E-state index in [1.54, 1.807) is 24.3 Å². The minimum atomic E-state index is -1.14. The zero-order chi connectivity index (χ0) is 17.3. The van der Waals surface area contributed by atoms with E-state index in [1.807, 2.05) is 0 Å². The number of hydrogen-bond acceptors (Lipinski definition) is 3. The minimum absolute atomic E-state index is 0.0707. The third kappa shape index (κ3) is 4.07. The van der Waals surface area contributed by atoms with Gasteiger partial charge in [0.25, 0.3) is 5.91 Å². The molecule has 1 fully saturated rings. The Morgan fingerprint density at radius 3 is 2.50 bits per heavy atom. The van der Waals surface area contributed by atoms with Gasteiger partial charge in [0.05, 0.1) is 0 Å². The van der Waals surface area contributed by atoms with E-state index in [9.17, 15) is 14.7 Å². The van der Waals surface area contributed by atoms with E-state index in [-0.39, 0.29) is 12.1 Å². The van der Waals surface area contributed by atoms with Crippen LogP contribution in [0.2, 0.25) is 10.0 Å². The van der Waals surface area contributed by atoms with Crippen molar-refractivity contribution in [1.29, 1.82) is 0 Å². The predicted molar refractivity (Wildman–Crippen MR) is 89.6 cm³/mol. The number of H-pyrrole nitrogens is 1. The smallest absolute Gasteiger partial charge is 0.326 e. The van der Waals surface area contributed by atoms with E-state index < -0.39 is 17.9 Å². The standard InChI is InChI=1S/C16H15Cl2N3O3/c17-10-3-8(4-11(18)6-10)5-14(16(23)24)19-15(22)13-7-12(20-21-13)9-1-2-9/h3-4,6-7,9,14H,1-2,5H2,(H,19,22)(H,20,21)(H,23,24). The van der Waals surface area contributed by atoms with Crippen LogP contribution in [0.4, 0.5) is 0 Å². The van der Waals surface area contributed by atoms with E-state index in [2.05, 4.69) is 15.5 Å². The third-order valence-electron chi connectivity index (χ3n) is 3.81. The van der Waals surface area contributed by atoms with Gasteiger partial charge in [-0.15, -0.1) is 0 Å². The first-order valence-corrected chi connectivity index (χ1v) is 8.22. The highest BCUT2D eigenvalue weighted by Crippen LogP contribution is 2.38. The molecule has 0 radical (unpaired) electrons. The maximum atomic E-state index is 12.2. The molecule has 0 spiro atoms. The van der Waals surface area contributed by atoms with Gasteiger partial charge in [0.2, 0.25) is 0 Å².